The molecular formula is C13H24N2O4S. The molecule has 7 heteroatoms. The van der Waals surface area contributed by atoms with Gasteiger partial charge in [-0.3, -0.25) is 9.69 Å². The lowest BCUT2D eigenvalue weighted by Gasteiger charge is -2.21. The number of nitrogens with zero attached hydrogens (tertiary/aromatic N) is 1. The van der Waals surface area contributed by atoms with Crippen LogP contribution in [-0.4, -0.2) is 49.3 Å². The van der Waals surface area contributed by atoms with Crippen molar-refractivity contribution in [3.63, 3.8) is 0 Å². The van der Waals surface area contributed by atoms with Gasteiger partial charge in [0, 0.05) is 12.8 Å². The van der Waals surface area contributed by atoms with Gasteiger partial charge in [-0.1, -0.05) is 32.6 Å². The van der Waals surface area contributed by atoms with Crippen LogP contribution in [0.5, 0.6) is 0 Å². The number of rotatable bonds is 8. The molecule has 0 bridgehead atoms. The number of hydrogen-bond donors (Lipinski definition) is 1. The van der Waals surface area contributed by atoms with E-state index in [4.69, 9.17) is 0 Å². The van der Waals surface area contributed by atoms with E-state index >= 15 is 0 Å². The maximum absolute atomic E-state index is 12.3. The molecule has 1 fully saturated rings. The van der Waals surface area contributed by atoms with Crippen molar-refractivity contribution in [2.75, 3.05) is 18.6 Å². The minimum atomic E-state index is -3.19. The van der Waals surface area contributed by atoms with Gasteiger partial charge in [0.25, 0.3) is 5.91 Å². The third-order valence-electron chi connectivity index (χ3n) is 3.56. The fourth-order valence-corrected chi connectivity index (χ4v) is 2.80. The number of sulfone groups is 1. The minimum Gasteiger partial charge on any atom is -0.323 e. The number of nitrogens with one attached hydrogen (secondary N) is 1. The van der Waals surface area contributed by atoms with Gasteiger partial charge in [0.15, 0.2) is 0 Å². The number of urea groups is 1. The van der Waals surface area contributed by atoms with Crippen molar-refractivity contribution in [1.82, 2.24) is 10.2 Å². The van der Waals surface area contributed by atoms with Crippen molar-refractivity contribution >= 4 is 21.8 Å². The number of hydrogen-bond acceptors (Lipinski definition) is 4. The molecule has 116 valence electrons. The molecule has 0 saturated carbocycles. The summed E-state index contributed by atoms with van der Waals surface area (Å²) in [6.45, 7) is 3.74. The summed E-state index contributed by atoms with van der Waals surface area (Å²) in [5.41, 5.74) is -0.887. The van der Waals surface area contributed by atoms with Gasteiger partial charge in [0.2, 0.25) is 0 Å². The first-order valence-electron chi connectivity index (χ1n) is 7.01. The van der Waals surface area contributed by atoms with Crippen LogP contribution in [0.2, 0.25) is 0 Å². The van der Waals surface area contributed by atoms with Crippen molar-refractivity contribution in [3.8, 4) is 0 Å². The van der Waals surface area contributed by atoms with Gasteiger partial charge in [-0.25, -0.2) is 13.2 Å². The molecule has 0 spiro atoms. The van der Waals surface area contributed by atoms with E-state index < -0.39 is 21.4 Å². The van der Waals surface area contributed by atoms with Crippen LogP contribution in [0.25, 0.3) is 0 Å². The van der Waals surface area contributed by atoms with Crippen LogP contribution in [-0.2, 0) is 14.6 Å². The molecule has 0 radical (unpaired) electrons. The van der Waals surface area contributed by atoms with Crippen LogP contribution in [0.3, 0.4) is 0 Å². The highest BCUT2D eigenvalue weighted by Gasteiger charge is 2.47. The van der Waals surface area contributed by atoms with Gasteiger partial charge in [-0.2, -0.15) is 0 Å². The van der Waals surface area contributed by atoms with Crippen LogP contribution in [0.4, 0.5) is 4.79 Å². The van der Waals surface area contributed by atoms with Crippen LogP contribution in [0.1, 0.15) is 46.0 Å². The van der Waals surface area contributed by atoms with E-state index in [1.54, 1.807) is 6.92 Å². The summed E-state index contributed by atoms with van der Waals surface area (Å²) < 4.78 is 22.3. The normalized spacial score (nSPS) is 23.2. The summed E-state index contributed by atoms with van der Waals surface area (Å²) in [5, 5.41) is 2.69. The van der Waals surface area contributed by atoms with Crippen molar-refractivity contribution in [3.05, 3.63) is 0 Å². The van der Waals surface area contributed by atoms with Crippen molar-refractivity contribution in [2.24, 2.45) is 0 Å². The highest BCUT2D eigenvalue weighted by atomic mass is 32.2. The van der Waals surface area contributed by atoms with E-state index in [0.29, 0.717) is 6.42 Å². The SMILES string of the molecule is CCCCCCC1(C)NC(=O)N(CCS(C)(=O)=O)C1=O. The molecule has 20 heavy (non-hydrogen) atoms. The Morgan fingerprint density at radius 3 is 2.40 bits per heavy atom. The lowest BCUT2D eigenvalue weighted by atomic mass is 9.94. The summed E-state index contributed by atoms with van der Waals surface area (Å²) in [6.07, 6.45) is 5.80. The second-order valence-electron chi connectivity index (χ2n) is 5.66. The first-order valence-corrected chi connectivity index (χ1v) is 9.07. The topological polar surface area (TPSA) is 83.6 Å². The molecule has 0 aromatic rings. The Balaban J connectivity index is 2.60. The molecule has 1 atom stereocenters. The molecule has 1 saturated heterocycles. The molecule has 0 aliphatic carbocycles. The van der Waals surface area contributed by atoms with E-state index in [1.807, 2.05) is 0 Å². The summed E-state index contributed by atoms with van der Waals surface area (Å²) >= 11 is 0. The monoisotopic (exact) mass is 304 g/mol. The molecule has 6 nitrogen and oxygen atoms in total. The van der Waals surface area contributed by atoms with E-state index in [2.05, 4.69) is 12.2 Å². The van der Waals surface area contributed by atoms with Crippen LogP contribution >= 0.6 is 0 Å². The van der Waals surface area contributed by atoms with Crippen LogP contribution in [0.15, 0.2) is 0 Å². The van der Waals surface area contributed by atoms with Gasteiger partial charge < -0.3 is 5.32 Å². The third-order valence-corrected chi connectivity index (χ3v) is 4.49. The molecule has 1 unspecified atom stereocenters. The standard InChI is InChI=1S/C13H24N2O4S/c1-4-5-6-7-8-13(2)11(16)15(12(17)14-13)9-10-20(3,18)19/h4-10H2,1-3H3,(H,14,17). The molecule has 3 amide bonds. The van der Waals surface area contributed by atoms with Gasteiger partial charge in [0.1, 0.15) is 15.4 Å². The first kappa shape index (κ1) is 16.9. The Morgan fingerprint density at radius 2 is 1.85 bits per heavy atom. The third kappa shape index (κ3) is 4.47. The summed E-state index contributed by atoms with van der Waals surface area (Å²) in [7, 11) is -3.19. The number of imide groups is 1. The fraction of sp³-hybridized carbons (Fsp3) is 0.846. The molecule has 1 rings (SSSR count). The van der Waals surface area contributed by atoms with E-state index in [-0.39, 0.29) is 18.2 Å². The predicted octanol–water partition coefficient (Wildman–Crippen LogP) is 1.31. The van der Waals surface area contributed by atoms with Crippen LogP contribution in [0, 0.1) is 0 Å². The Hall–Kier alpha value is -1.11. The van der Waals surface area contributed by atoms with Crippen molar-refractivity contribution in [2.45, 2.75) is 51.5 Å². The number of amides is 3. The Bertz CT molecular complexity index is 475. The van der Waals surface area contributed by atoms with Crippen LogP contribution < -0.4 is 5.32 Å². The molecule has 1 aliphatic heterocycles. The molecule has 1 heterocycles. The Labute approximate surface area is 120 Å². The van der Waals surface area contributed by atoms with Crippen molar-refractivity contribution < 1.29 is 18.0 Å². The summed E-state index contributed by atoms with van der Waals surface area (Å²) in [5.74, 6) is -0.513. The number of unbranched alkanes of at least 4 members (excludes halogenated alkanes) is 3. The molecular weight excluding hydrogens is 280 g/mol. The lowest BCUT2D eigenvalue weighted by Crippen LogP contribution is -2.44. The average molecular weight is 304 g/mol. The number of carbonyl (C=O) groups is 2. The Morgan fingerprint density at radius 1 is 1.20 bits per heavy atom. The molecule has 0 aromatic carbocycles. The lowest BCUT2D eigenvalue weighted by molar-refractivity contribution is -0.130. The smallest absolute Gasteiger partial charge is 0.323 e. The summed E-state index contributed by atoms with van der Waals surface area (Å²) in [6, 6.07) is -0.489. The van der Waals surface area contributed by atoms with Gasteiger partial charge >= 0.3 is 6.03 Å². The summed E-state index contributed by atoms with van der Waals surface area (Å²) in [4.78, 5) is 25.1. The second-order valence-corrected chi connectivity index (χ2v) is 7.92. The minimum absolute atomic E-state index is 0.0753. The maximum Gasteiger partial charge on any atom is 0.325 e. The van der Waals surface area contributed by atoms with Gasteiger partial charge in [-0.05, 0) is 13.3 Å². The van der Waals surface area contributed by atoms with E-state index in [9.17, 15) is 18.0 Å². The zero-order chi connectivity index (χ0) is 15.4. The molecule has 1 aliphatic rings. The number of carbonyl (C=O) groups excluding carboxylic acids is 2. The quantitative estimate of drug-likeness (QED) is 0.541. The Kier molecular flexibility index (Phi) is 5.56. The highest BCUT2D eigenvalue weighted by molar-refractivity contribution is 7.90. The van der Waals surface area contributed by atoms with Crippen molar-refractivity contribution in [1.29, 1.82) is 0 Å². The zero-order valence-electron chi connectivity index (χ0n) is 12.4. The molecule has 0 aromatic heterocycles. The van der Waals surface area contributed by atoms with Gasteiger partial charge in [-0.15, -0.1) is 0 Å². The fourth-order valence-electron chi connectivity index (χ4n) is 2.28. The predicted molar refractivity (Wildman–Crippen MR) is 77.1 cm³/mol. The molecule has 1 N–H and O–H groups in total. The van der Waals surface area contributed by atoms with E-state index in [0.717, 1.165) is 36.8 Å². The zero-order valence-corrected chi connectivity index (χ0v) is 13.3. The first-order chi connectivity index (χ1) is 9.19. The second kappa shape index (κ2) is 6.56. The highest BCUT2D eigenvalue weighted by Crippen LogP contribution is 2.23. The van der Waals surface area contributed by atoms with Gasteiger partial charge in [0.05, 0.1) is 5.75 Å². The largest absolute Gasteiger partial charge is 0.325 e. The maximum atomic E-state index is 12.3. The average Bonchev–Trinajstić information content (AvgIpc) is 2.53. The van der Waals surface area contributed by atoms with E-state index in [1.165, 1.54) is 0 Å².